The Labute approximate surface area is 174 Å². The van der Waals surface area contributed by atoms with Gasteiger partial charge in [0.2, 0.25) is 11.8 Å². The highest BCUT2D eigenvalue weighted by molar-refractivity contribution is 7.12. The number of benzene rings is 1. The molecule has 0 radical (unpaired) electrons. The highest BCUT2D eigenvalue weighted by Crippen LogP contribution is 2.21. The Balaban J connectivity index is 1.45. The third kappa shape index (κ3) is 6.69. The topological polar surface area (TPSA) is 105 Å². The number of nitrogens with two attached hydrogens (primary N) is 1. The third-order valence-corrected chi connectivity index (χ3v) is 5.81. The highest BCUT2D eigenvalue weighted by atomic mass is 32.1. The molecule has 1 aliphatic heterocycles. The zero-order chi connectivity index (χ0) is 20.6. The van der Waals surface area contributed by atoms with Gasteiger partial charge in [-0.15, -0.1) is 11.3 Å². The predicted octanol–water partition coefficient (Wildman–Crippen LogP) is 2.92. The summed E-state index contributed by atoms with van der Waals surface area (Å²) in [5.74, 6) is -0.0751. The summed E-state index contributed by atoms with van der Waals surface area (Å²) in [6, 6.07) is 10.7. The number of rotatable bonds is 8. The van der Waals surface area contributed by atoms with Crippen LogP contribution in [0.4, 0.5) is 11.4 Å². The summed E-state index contributed by atoms with van der Waals surface area (Å²) < 4.78 is 0. The molecule has 2 aromatic rings. The molecule has 1 saturated heterocycles. The first-order valence-electron chi connectivity index (χ1n) is 9.75. The van der Waals surface area contributed by atoms with E-state index in [1.807, 2.05) is 11.4 Å². The molecule has 1 fully saturated rings. The van der Waals surface area contributed by atoms with Gasteiger partial charge in [-0.3, -0.25) is 19.3 Å². The van der Waals surface area contributed by atoms with E-state index in [1.54, 1.807) is 30.3 Å². The van der Waals surface area contributed by atoms with Crippen LogP contribution in [0.25, 0.3) is 0 Å². The van der Waals surface area contributed by atoms with Gasteiger partial charge in [0, 0.05) is 24.3 Å². The minimum absolute atomic E-state index is 0.0732. The number of piperidine rings is 1. The van der Waals surface area contributed by atoms with Crippen molar-refractivity contribution in [2.75, 3.05) is 30.3 Å². The summed E-state index contributed by atoms with van der Waals surface area (Å²) in [6.45, 7) is 2.02. The number of amides is 3. The summed E-state index contributed by atoms with van der Waals surface area (Å²) in [5, 5.41) is 7.59. The molecule has 4 N–H and O–H groups in total. The number of nitrogens with one attached hydrogen (secondary N) is 2. The lowest BCUT2D eigenvalue weighted by atomic mass is 9.93. The Morgan fingerprint density at radius 2 is 1.83 bits per heavy atom. The fourth-order valence-corrected chi connectivity index (χ4v) is 4.14. The van der Waals surface area contributed by atoms with E-state index in [0.29, 0.717) is 35.1 Å². The van der Waals surface area contributed by atoms with Gasteiger partial charge in [-0.05, 0) is 67.4 Å². The van der Waals surface area contributed by atoms with Crippen molar-refractivity contribution in [3.8, 4) is 0 Å². The van der Waals surface area contributed by atoms with E-state index in [1.165, 1.54) is 11.3 Å². The monoisotopic (exact) mass is 414 g/mol. The van der Waals surface area contributed by atoms with Gasteiger partial charge in [0.1, 0.15) is 0 Å². The number of carbonyl (C=O) groups excluding carboxylic acids is 3. The van der Waals surface area contributed by atoms with Crippen molar-refractivity contribution in [3.63, 3.8) is 0 Å². The molecule has 3 amide bonds. The van der Waals surface area contributed by atoms with E-state index in [2.05, 4.69) is 15.5 Å². The lowest BCUT2D eigenvalue weighted by Gasteiger charge is -2.32. The molecule has 7 nitrogen and oxygen atoms in total. The summed E-state index contributed by atoms with van der Waals surface area (Å²) in [6.07, 6.45) is 3.28. The minimum Gasteiger partial charge on any atom is -0.370 e. The van der Waals surface area contributed by atoms with Crippen molar-refractivity contribution in [1.29, 1.82) is 0 Å². The number of carbonyl (C=O) groups is 3. The van der Waals surface area contributed by atoms with Gasteiger partial charge in [-0.25, -0.2) is 0 Å². The zero-order valence-electron chi connectivity index (χ0n) is 16.2. The molecular weight excluding hydrogens is 388 g/mol. The van der Waals surface area contributed by atoms with Crippen molar-refractivity contribution in [3.05, 3.63) is 46.7 Å². The molecule has 0 saturated carbocycles. The zero-order valence-corrected chi connectivity index (χ0v) is 17.0. The van der Waals surface area contributed by atoms with Crippen molar-refractivity contribution in [2.45, 2.75) is 25.7 Å². The second kappa shape index (κ2) is 10.2. The molecule has 1 atom stereocenters. The molecule has 0 aliphatic carbocycles. The first-order chi connectivity index (χ1) is 14.0. The molecule has 1 aliphatic rings. The van der Waals surface area contributed by atoms with Crippen LogP contribution in [0.3, 0.4) is 0 Å². The van der Waals surface area contributed by atoms with Gasteiger partial charge in [-0.1, -0.05) is 6.07 Å². The van der Waals surface area contributed by atoms with E-state index >= 15 is 0 Å². The molecule has 1 unspecified atom stereocenters. The second-order valence-electron chi connectivity index (χ2n) is 7.31. The molecule has 1 aromatic carbocycles. The largest absolute Gasteiger partial charge is 0.370 e. The van der Waals surface area contributed by atoms with Crippen LogP contribution >= 0.6 is 11.3 Å². The molecule has 8 heteroatoms. The van der Waals surface area contributed by atoms with Crippen molar-refractivity contribution in [1.82, 2.24) is 4.90 Å². The van der Waals surface area contributed by atoms with E-state index < -0.39 is 0 Å². The van der Waals surface area contributed by atoms with Crippen LogP contribution in [0, 0.1) is 5.92 Å². The van der Waals surface area contributed by atoms with Gasteiger partial charge in [0.05, 0.1) is 11.4 Å². The number of primary amides is 1. The summed E-state index contributed by atoms with van der Waals surface area (Å²) in [5.41, 5.74) is 6.60. The Hall–Kier alpha value is -2.71. The number of nitrogens with zero attached hydrogens (tertiary/aromatic N) is 1. The fourth-order valence-electron chi connectivity index (χ4n) is 3.52. The van der Waals surface area contributed by atoms with Gasteiger partial charge in [0.15, 0.2) is 0 Å². The van der Waals surface area contributed by atoms with Gasteiger partial charge >= 0.3 is 0 Å². The fraction of sp³-hybridized carbons (Fsp3) is 0.381. The van der Waals surface area contributed by atoms with Gasteiger partial charge < -0.3 is 16.4 Å². The maximum atomic E-state index is 12.4. The molecule has 0 spiro atoms. The molecule has 3 rings (SSSR count). The standard InChI is InChI=1S/C21H26N4O3S/c22-19(26)10-5-15-3-1-11-25(13-15)14-20(27)23-16-6-8-17(9-7-16)24-21(28)18-4-2-12-29-18/h2,4,6-9,12,15H,1,3,5,10-11,13-14H2,(H2,22,26)(H,23,27)(H,24,28). The van der Waals surface area contributed by atoms with E-state index in [9.17, 15) is 14.4 Å². The Morgan fingerprint density at radius 1 is 1.10 bits per heavy atom. The molecule has 154 valence electrons. The van der Waals surface area contributed by atoms with E-state index in [-0.39, 0.29) is 17.7 Å². The summed E-state index contributed by atoms with van der Waals surface area (Å²) in [4.78, 5) is 38.2. The lowest BCUT2D eigenvalue weighted by molar-refractivity contribution is -0.119. The van der Waals surface area contributed by atoms with Crippen LogP contribution in [0.2, 0.25) is 0 Å². The number of anilines is 2. The average Bonchev–Trinajstić information content (AvgIpc) is 3.23. The quantitative estimate of drug-likeness (QED) is 0.618. The first-order valence-corrected chi connectivity index (χ1v) is 10.6. The van der Waals surface area contributed by atoms with Crippen LogP contribution in [-0.2, 0) is 9.59 Å². The predicted molar refractivity (Wildman–Crippen MR) is 115 cm³/mol. The number of hydrogen-bond acceptors (Lipinski definition) is 5. The molecule has 2 heterocycles. The smallest absolute Gasteiger partial charge is 0.265 e. The van der Waals surface area contributed by atoms with E-state index in [4.69, 9.17) is 5.73 Å². The molecule has 0 bridgehead atoms. The van der Waals surface area contributed by atoms with Gasteiger partial charge in [0.25, 0.3) is 5.91 Å². The van der Waals surface area contributed by atoms with Crippen molar-refractivity contribution < 1.29 is 14.4 Å². The van der Waals surface area contributed by atoms with Crippen molar-refractivity contribution >= 4 is 40.4 Å². The van der Waals surface area contributed by atoms with Crippen LogP contribution in [-0.4, -0.2) is 42.3 Å². The third-order valence-electron chi connectivity index (χ3n) is 4.94. The Bertz CT molecular complexity index is 836. The number of hydrogen-bond donors (Lipinski definition) is 3. The van der Waals surface area contributed by atoms with Crippen LogP contribution in [0.1, 0.15) is 35.4 Å². The number of likely N-dealkylation sites (tertiary alicyclic amines) is 1. The van der Waals surface area contributed by atoms with Crippen LogP contribution < -0.4 is 16.4 Å². The molecule has 29 heavy (non-hydrogen) atoms. The summed E-state index contributed by atoms with van der Waals surface area (Å²) in [7, 11) is 0. The molecular formula is C21H26N4O3S. The lowest BCUT2D eigenvalue weighted by Crippen LogP contribution is -2.40. The molecule has 1 aromatic heterocycles. The van der Waals surface area contributed by atoms with Crippen molar-refractivity contribution in [2.24, 2.45) is 11.7 Å². The van der Waals surface area contributed by atoms with Crippen LogP contribution in [0.15, 0.2) is 41.8 Å². The highest BCUT2D eigenvalue weighted by Gasteiger charge is 2.22. The minimum atomic E-state index is -0.269. The van der Waals surface area contributed by atoms with E-state index in [0.717, 1.165) is 32.4 Å². The Morgan fingerprint density at radius 3 is 2.48 bits per heavy atom. The normalized spacial score (nSPS) is 16.9. The summed E-state index contributed by atoms with van der Waals surface area (Å²) >= 11 is 1.39. The maximum absolute atomic E-state index is 12.4. The number of thiophene rings is 1. The first kappa shape index (κ1) is 21.0. The van der Waals surface area contributed by atoms with Gasteiger partial charge in [-0.2, -0.15) is 0 Å². The SMILES string of the molecule is NC(=O)CCC1CCCN(CC(=O)Nc2ccc(NC(=O)c3cccs3)cc2)C1. The maximum Gasteiger partial charge on any atom is 0.265 e. The van der Waals surface area contributed by atoms with Crippen LogP contribution in [0.5, 0.6) is 0 Å². The second-order valence-corrected chi connectivity index (χ2v) is 8.25. The average molecular weight is 415 g/mol. The Kier molecular flexibility index (Phi) is 7.37.